The van der Waals surface area contributed by atoms with E-state index in [1.807, 2.05) is 37.3 Å². The molecule has 0 aliphatic rings. The average molecular weight is 257 g/mol. The highest BCUT2D eigenvalue weighted by Gasteiger charge is 2.09. The van der Waals surface area contributed by atoms with E-state index in [1.54, 1.807) is 19.2 Å². The topological polar surface area (TPSA) is 51.0 Å². The summed E-state index contributed by atoms with van der Waals surface area (Å²) in [6, 6.07) is 13.1. The third-order valence-electron chi connectivity index (χ3n) is 2.68. The van der Waals surface area contributed by atoms with Crippen molar-refractivity contribution in [3.05, 3.63) is 53.6 Å². The van der Waals surface area contributed by atoms with Gasteiger partial charge in [-0.2, -0.15) is 0 Å². The van der Waals surface area contributed by atoms with Crippen LogP contribution < -0.4 is 9.47 Å². The van der Waals surface area contributed by atoms with E-state index < -0.39 is 0 Å². The van der Waals surface area contributed by atoms with Crippen molar-refractivity contribution in [2.75, 3.05) is 7.11 Å². The second-order valence-corrected chi connectivity index (χ2v) is 4.03. The van der Waals surface area contributed by atoms with Crippen LogP contribution in [0.2, 0.25) is 0 Å². The summed E-state index contributed by atoms with van der Waals surface area (Å²) in [5, 5.41) is 11.8. The summed E-state index contributed by atoms with van der Waals surface area (Å²) in [7, 11) is 1.56. The highest BCUT2D eigenvalue weighted by Crippen LogP contribution is 2.30. The van der Waals surface area contributed by atoms with E-state index in [4.69, 9.17) is 14.7 Å². The van der Waals surface area contributed by atoms with E-state index in [0.717, 1.165) is 5.56 Å². The van der Waals surface area contributed by atoms with Crippen LogP contribution in [0.4, 0.5) is 0 Å². The van der Waals surface area contributed by atoms with Crippen molar-refractivity contribution in [2.45, 2.75) is 6.92 Å². The molecule has 2 aromatic rings. The standard InChI is InChI=1S/C15H15NO3/c1-11-6-8-12(9-7-11)19-15-5-3-4-14(18-2)13(15)10-16-17/h3-10,17H,1-2H3/b16-10-. The first-order chi connectivity index (χ1) is 9.24. The van der Waals surface area contributed by atoms with E-state index in [9.17, 15) is 0 Å². The Bertz CT molecular complexity index is 576. The van der Waals surface area contributed by atoms with Gasteiger partial charge in [-0.25, -0.2) is 0 Å². The Kier molecular flexibility index (Phi) is 4.03. The summed E-state index contributed by atoms with van der Waals surface area (Å²) in [6.45, 7) is 2.01. The molecule has 0 bridgehead atoms. The van der Waals surface area contributed by atoms with Crippen LogP contribution in [0.25, 0.3) is 0 Å². The van der Waals surface area contributed by atoms with Crippen molar-refractivity contribution >= 4 is 6.21 Å². The minimum absolute atomic E-state index is 0.570. The fourth-order valence-corrected chi connectivity index (χ4v) is 1.71. The fourth-order valence-electron chi connectivity index (χ4n) is 1.71. The van der Waals surface area contributed by atoms with Gasteiger partial charge in [0, 0.05) is 0 Å². The molecule has 0 saturated heterocycles. The van der Waals surface area contributed by atoms with Gasteiger partial charge in [0.05, 0.1) is 18.9 Å². The van der Waals surface area contributed by atoms with Crippen LogP contribution in [-0.4, -0.2) is 18.5 Å². The fraction of sp³-hybridized carbons (Fsp3) is 0.133. The number of rotatable bonds is 4. The van der Waals surface area contributed by atoms with Crippen molar-refractivity contribution in [3.63, 3.8) is 0 Å². The predicted molar refractivity (Wildman–Crippen MR) is 73.6 cm³/mol. The van der Waals surface area contributed by atoms with Gasteiger partial charge in [0.15, 0.2) is 0 Å². The quantitative estimate of drug-likeness (QED) is 0.517. The number of methoxy groups -OCH3 is 1. The van der Waals surface area contributed by atoms with Crippen LogP contribution in [0.1, 0.15) is 11.1 Å². The number of nitrogens with zero attached hydrogens (tertiary/aromatic N) is 1. The Labute approximate surface area is 111 Å². The molecular formula is C15H15NO3. The molecule has 0 fully saturated rings. The molecule has 2 aromatic carbocycles. The second kappa shape index (κ2) is 5.91. The van der Waals surface area contributed by atoms with Gasteiger partial charge in [0.1, 0.15) is 17.2 Å². The molecule has 98 valence electrons. The molecule has 4 heteroatoms. The zero-order valence-electron chi connectivity index (χ0n) is 10.8. The number of hydrogen-bond acceptors (Lipinski definition) is 4. The molecule has 0 unspecified atom stereocenters. The Morgan fingerprint density at radius 3 is 2.37 bits per heavy atom. The van der Waals surface area contributed by atoms with Gasteiger partial charge in [-0.15, -0.1) is 0 Å². The van der Waals surface area contributed by atoms with E-state index in [-0.39, 0.29) is 0 Å². The first-order valence-corrected chi connectivity index (χ1v) is 5.83. The number of aryl methyl sites for hydroxylation is 1. The minimum atomic E-state index is 0.570. The van der Waals surface area contributed by atoms with Crippen LogP contribution in [-0.2, 0) is 0 Å². The summed E-state index contributed by atoms with van der Waals surface area (Å²) in [5.74, 6) is 1.87. The summed E-state index contributed by atoms with van der Waals surface area (Å²) >= 11 is 0. The van der Waals surface area contributed by atoms with E-state index in [1.165, 1.54) is 6.21 Å². The van der Waals surface area contributed by atoms with Crippen molar-refractivity contribution in [2.24, 2.45) is 5.16 Å². The molecule has 2 rings (SSSR count). The lowest BCUT2D eigenvalue weighted by Gasteiger charge is -2.11. The monoisotopic (exact) mass is 257 g/mol. The number of oxime groups is 1. The molecule has 0 aliphatic heterocycles. The first kappa shape index (κ1) is 13.0. The molecule has 0 aliphatic carbocycles. The van der Waals surface area contributed by atoms with Crippen molar-refractivity contribution < 1.29 is 14.7 Å². The zero-order chi connectivity index (χ0) is 13.7. The van der Waals surface area contributed by atoms with Crippen LogP contribution in [0.5, 0.6) is 17.2 Å². The molecule has 0 heterocycles. The Hall–Kier alpha value is -2.49. The van der Waals surface area contributed by atoms with Gasteiger partial charge in [-0.1, -0.05) is 28.9 Å². The number of hydrogen-bond donors (Lipinski definition) is 1. The Morgan fingerprint density at radius 1 is 1.05 bits per heavy atom. The minimum Gasteiger partial charge on any atom is -0.496 e. The van der Waals surface area contributed by atoms with Gasteiger partial charge < -0.3 is 14.7 Å². The molecular weight excluding hydrogens is 242 g/mol. The van der Waals surface area contributed by atoms with Gasteiger partial charge in [-0.05, 0) is 31.2 Å². The van der Waals surface area contributed by atoms with Crippen LogP contribution >= 0.6 is 0 Å². The maximum atomic E-state index is 8.72. The van der Waals surface area contributed by atoms with Gasteiger partial charge in [0.25, 0.3) is 0 Å². The third-order valence-corrected chi connectivity index (χ3v) is 2.68. The molecule has 0 saturated carbocycles. The third kappa shape index (κ3) is 3.04. The smallest absolute Gasteiger partial charge is 0.140 e. The summed E-state index contributed by atoms with van der Waals surface area (Å²) in [5.41, 5.74) is 1.75. The van der Waals surface area contributed by atoms with E-state index in [0.29, 0.717) is 22.8 Å². The van der Waals surface area contributed by atoms with Gasteiger partial charge in [0.2, 0.25) is 0 Å². The largest absolute Gasteiger partial charge is 0.496 e. The van der Waals surface area contributed by atoms with Crippen molar-refractivity contribution in [1.82, 2.24) is 0 Å². The lowest BCUT2D eigenvalue weighted by Crippen LogP contribution is -1.95. The highest BCUT2D eigenvalue weighted by molar-refractivity contribution is 5.87. The van der Waals surface area contributed by atoms with Crippen LogP contribution in [0, 0.1) is 6.92 Å². The molecule has 0 radical (unpaired) electrons. The van der Waals surface area contributed by atoms with Gasteiger partial charge in [-0.3, -0.25) is 0 Å². The summed E-state index contributed by atoms with van der Waals surface area (Å²) in [4.78, 5) is 0. The molecule has 1 N–H and O–H groups in total. The highest BCUT2D eigenvalue weighted by atomic mass is 16.5. The summed E-state index contributed by atoms with van der Waals surface area (Å²) in [6.07, 6.45) is 1.29. The zero-order valence-corrected chi connectivity index (χ0v) is 10.8. The lowest BCUT2D eigenvalue weighted by molar-refractivity contribution is 0.321. The molecule has 0 spiro atoms. The molecule has 0 amide bonds. The maximum Gasteiger partial charge on any atom is 0.140 e. The number of benzene rings is 2. The second-order valence-electron chi connectivity index (χ2n) is 4.03. The molecule has 0 aromatic heterocycles. The number of ether oxygens (including phenoxy) is 2. The Morgan fingerprint density at radius 2 is 1.74 bits per heavy atom. The van der Waals surface area contributed by atoms with Crippen LogP contribution in [0.15, 0.2) is 47.6 Å². The van der Waals surface area contributed by atoms with E-state index >= 15 is 0 Å². The molecule has 19 heavy (non-hydrogen) atoms. The Balaban J connectivity index is 2.36. The molecule has 0 atom stereocenters. The SMILES string of the molecule is COc1cccc(Oc2ccc(C)cc2)c1/C=N\O. The molecule has 4 nitrogen and oxygen atoms in total. The van der Waals surface area contributed by atoms with E-state index in [2.05, 4.69) is 5.16 Å². The first-order valence-electron chi connectivity index (χ1n) is 5.83. The maximum absolute atomic E-state index is 8.72. The summed E-state index contributed by atoms with van der Waals surface area (Å²) < 4.78 is 11.0. The van der Waals surface area contributed by atoms with Gasteiger partial charge >= 0.3 is 0 Å². The van der Waals surface area contributed by atoms with Crippen molar-refractivity contribution in [3.8, 4) is 17.2 Å². The van der Waals surface area contributed by atoms with Crippen LogP contribution in [0.3, 0.4) is 0 Å². The average Bonchev–Trinajstić information content (AvgIpc) is 2.43. The van der Waals surface area contributed by atoms with Crippen molar-refractivity contribution in [1.29, 1.82) is 0 Å². The lowest BCUT2D eigenvalue weighted by atomic mass is 10.2. The predicted octanol–water partition coefficient (Wildman–Crippen LogP) is 3.60. The normalized spacial score (nSPS) is 10.6.